The zero-order valence-corrected chi connectivity index (χ0v) is 12.2. The SMILES string of the molecule is CNC(=O)C1CCCN1C(=O)c1cc(N)c(C)cc1C. The Morgan fingerprint density at radius 1 is 1.30 bits per heavy atom. The number of benzene rings is 1. The lowest BCUT2D eigenvalue weighted by molar-refractivity contribution is -0.124. The summed E-state index contributed by atoms with van der Waals surface area (Å²) in [5.74, 6) is -0.214. The van der Waals surface area contributed by atoms with Gasteiger partial charge in [-0.15, -0.1) is 0 Å². The largest absolute Gasteiger partial charge is 0.398 e. The first kappa shape index (κ1) is 14.4. The van der Waals surface area contributed by atoms with Gasteiger partial charge in [0.05, 0.1) is 0 Å². The predicted molar refractivity (Wildman–Crippen MR) is 78.5 cm³/mol. The molecule has 1 heterocycles. The molecule has 0 radical (unpaired) electrons. The number of nitrogen functional groups attached to an aromatic ring is 1. The molecule has 0 saturated carbocycles. The summed E-state index contributed by atoms with van der Waals surface area (Å²) in [6.45, 7) is 4.43. The van der Waals surface area contributed by atoms with E-state index in [1.165, 1.54) is 0 Å². The Morgan fingerprint density at radius 2 is 2.00 bits per heavy atom. The molecule has 1 fully saturated rings. The average molecular weight is 275 g/mol. The monoisotopic (exact) mass is 275 g/mol. The van der Waals surface area contributed by atoms with Gasteiger partial charge in [-0.3, -0.25) is 9.59 Å². The lowest BCUT2D eigenvalue weighted by atomic mass is 10.0. The van der Waals surface area contributed by atoms with E-state index in [-0.39, 0.29) is 17.9 Å². The smallest absolute Gasteiger partial charge is 0.254 e. The summed E-state index contributed by atoms with van der Waals surface area (Å²) in [5, 5.41) is 2.62. The molecular formula is C15H21N3O2. The summed E-state index contributed by atoms with van der Waals surface area (Å²) in [4.78, 5) is 26.1. The third kappa shape index (κ3) is 2.48. The highest BCUT2D eigenvalue weighted by atomic mass is 16.2. The van der Waals surface area contributed by atoms with E-state index < -0.39 is 0 Å². The fourth-order valence-electron chi connectivity index (χ4n) is 2.70. The Labute approximate surface area is 119 Å². The fourth-order valence-corrected chi connectivity index (χ4v) is 2.70. The number of anilines is 1. The number of rotatable bonds is 2. The van der Waals surface area contributed by atoms with Crippen LogP contribution in [0.5, 0.6) is 0 Å². The van der Waals surface area contributed by atoms with Crippen LogP contribution in [0.15, 0.2) is 12.1 Å². The Balaban J connectivity index is 2.31. The van der Waals surface area contributed by atoms with Gasteiger partial charge >= 0.3 is 0 Å². The molecule has 1 unspecified atom stereocenters. The number of amides is 2. The number of hydrogen-bond acceptors (Lipinski definition) is 3. The number of nitrogens with one attached hydrogen (secondary N) is 1. The molecule has 1 aliphatic rings. The molecule has 1 saturated heterocycles. The van der Waals surface area contributed by atoms with Crippen molar-refractivity contribution in [2.24, 2.45) is 0 Å². The van der Waals surface area contributed by atoms with Gasteiger partial charge in [-0.1, -0.05) is 6.07 Å². The maximum atomic E-state index is 12.7. The van der Waals surface area contributed by atoms with Crippen LogP contribution < -0.4 is 11.1 Å². The number of hydrogen-bond donors (Lipinski definition) is 2. The quantitative estimate of drug-likeness (QED) is 0.797. The molecule has 108 valence electrons. The number of nitrogens with two attached hydrogens (primary N) is 1. The molecule has 0 spiro atoms. The molecule has 1 aliphatic heterocycles. The van der Waals surface area contributed by atoms with E-state index in [0.29, 0.717) is 24.2 Å². The summed E-state index contributed by atoms with van der Waals surface area (Å²) >= 11 is 0. The molecular weight excluding hydrogens is 254 g/mol. The molecule has 0 aromatic heterocycles. The lowest BCUT2D eigenvalue weighted by Gasteiger charge is -2.24. The van der Waals surface area contributed by atoms with Gasteiger partial charge in [0.15, 0.2) is 0 Å². The zero-order valence-electron chi connectivity index (χ0n) is 12.2. The topological polar surface area (TPSA) is 75.4 Å². The third-order valence-electron chi connectivity index (χ3n) is 3.91. The van der Waals surface area contributed by atoms with Crippen LogP contribution in [0.25, 0.3) is 0 Å². The number of likely N-dealkylation sites (N-methyl/N-ethyl adjacent to an activating group) is 1. The second kappa shape index (κ2) is 5.53. The van der Waals surface area contributed by atoms with Crippen molar-refractivity contribution in [3.05, 3.63) is 28.8 Å². The molecule has 0 aliphatic carbocycles. The average Bonchev–Trinajstić information content (AvgIpc) is 2.90. The van der Waals surface area contributed by atoms with Crippen molar-refractivity contribution in [3.8, 4) is 0 Å². The summed E-state index contributed by atoms with van der Waals surface area (Å²) in [5.41, 5.74) is 8.94. The number of carbonyl (C=O) groups is 2. The maximum Gasteiger partial charge on any atom is 0.254 e. The third-order valence-corrected chi connectivity index (χ3v) is 3.91. The standard InChI is InChI=1S/C15H21N3O2/c1-9-7-10(2)12(16)8-11(9)15(20)18-6-4-5-13(18)14(19)17-3/h7-8,13H,4-6,16H2,1-3H3,(H,17,19). The number of carbonyl (C=O) groups excluding carboxylic acids is 2. The predicted octanol–water partition coefficient (Wildman–Crippen LogP) is 1.24. The highest BCUT2D eigenvalue weighted by Gasteiger charge is 2.34. The van der Waals surface area contributed by atoms with Crippen LogP contribution >= 0.6 is 0 Å². The van der Waals surface area contributed by atoms with Gasteiger partial charge in [0.25, 0.3) is 5.91 Å². The van der Waals surface area contributed by atoms with Crippen LogP contribution in [0.2, 0.25) is 0 Å². The first-order chi connectivity index (χ1) is 9.45. The Bertz CT molecular complexity index is 554. The summed E-state index contributed by atoms with van der Waals surface area (Å²) < 4.78 is 0. The second-order valence-electron chi connectivity index (χ2n) is 5.29. The van der Waals surface area contributed by atoms with Gasteiger partial charge in [-0.05, 0) is 43.9 Å². The van der Waals surface area contributed by atoms with Gasteiger partial charge in [0.2, 0.25) is 5.91 Å². The van der Waals surface area contributed by atoms with Crippen LogP contribution in [-0.2, 0) is 4.79 Å². The van der Waals surface area contributed by atoms with Gasteiger partial charge < -0.3 is 16.0 Å². The zero-order chi connectivity index (χ0) is 14.9. The van der Waals surface area contributed by atoms with Gasteiger partial charge in [-0.2, -0.15) is 0 Å². The van der Waals surface area contributed by atoms with Crippen molar-refractivity contribution < 1.29 is 9.59 Å². The molecule has 2 rings (SSSR count). The maximum absolute atomic E-state index is 12.7. The van der Waals surface area contributed by atoms with E-state index in [2.05, 4.69) is 5.32 Å². The van der Waals surface area contributed by atoms with E-state index in [1.807, 2.05) is 19.9 Å². The minimum absolute atomic E-state index is 0.103. The van der Waals surface area contributed by atoms with Crippen LogP contribution in [0.4, 0.5) is 5.69 Å². The van der Waals surface area contributed by atoms with Crippen molar-refractivity contribution in [1.29, 1.82) is 0 Å². The first-order valence-electron chi connectivity index (χ1n) is 6.85. The Hall–Kier alpha value is -2.04. The number of likely N-dealkylation sites (tertiary alicyclic amines) is 1. The van der Waals surface area contributed by atoms with Crippen molar-refractivity contribution >= 4 is 17.5 Å². The minimum atomic E-state index is -0.366. The van der Waals surface area contributed by atoms with E-state index in [0.717, 1.165) is 17.5 Å². The van der Waals surface area contributed by atoms with Crippen LogP contribution in [0.3, 0.4) is 0 Å². The van der Waals surface area contributed by atoms with Gasteiger partial charge in [0, 0.05) is 24.8 Å². The van der Waals surface area contributed by atoms with Gasteiger partial charge in [-0.25, -0.2) is 0 Å². The highest BCUT2D eigenvalue weighted by Crippen LogP contribution is 2.24. The van der Waals surface area contributed by atoms with Crippen LogP contribution in [-0.4, -0.2) is 36.3 Å². The molecule has 5 heteroatoms. The molecule has 20 heavy (non-hydrogen) atoms. The molecule has 0 bridgehead atoms. The minimum Gasteiger partial charge on any atom is -0.398 e. The Kier molecular flexibility index (Phi) is 3.97. The molecule has 1 aromatic carbocycles. The molecule has 2 amide bonds. The van der Waals surface area contributed by atoms with Crippen LogP contribution in [0.1, 0.15) is 34.3 Å². The summed E-state index contributed by atoms with van der Waals surface area (Å²) in [6, 6.07) is 3.26. The van der Waals surface area contributed by atoms with Crippen molar-refractivity contribution in [3.63, 3.8) is 0 Å². The summed E-state index contributed by atoms with van der Waals surface area (Å²) in [7, 11) is 1.60. The Morgan fingerprint density at radius 3 is 2.65 bits per heavy atom. The van der Waals surface area contributed by atoms with Crippen LogP contribution in [0, 0.1) is 13.8 Å². The molecule has 5 nitrogen and oxygen atoms in total. The van der Waals surface area contributed by atoms with Crippen molar-refractivity contribution in [1.82, 2.24) is 10.2 Å². The lowest BCUT2D eigenvalue weighted by Crippen LogP contribution is -2.45. The van der Waals surface area contributed by atoms with Crippen molar-refractivity contribution in [2.75, 3.05) is 19.3 Å². The first-order valence-corrected chi connectivity index (χ1v) is 6.85. The fraction of sp³-hybridized carbons (Fsp3) is 0.467. The number of aryl methyl sites for hydroxylation is 2. The van der Waals surface area contributed by atoms with E-state index in [9.17, 15) is 9.59 Å². The molecule has 1 atom stereocenters. The number of nitrogens with zero attached hydrogens (tertiary/aromatic N) is 1. The molecule has 1 aromatic rings. The normalized spacial score (nSPS) is 18.1. The summed E-state index contributed by atoms with van der Waals surface area (Å²) in [6.07, 6.45) is 1.57. The second-order valence-corrected chi connectivity index (χ2v) is 5.29. The molecule has 3 N–H and O–H groups in total. The highest BCUT2D eigenvalue weighted by molar-refractivity contribution is 5.99. The van der Waals surface area contributed by atoms with Crippen molar-refractivity contribution in [2.45, 2.75) is 32.7 Å². The van der Waals surface area contributed by atoms with E-state index in [4.69, 9.17) is 5.73 Å². The van der Waals surface area contributed by atoms with E-state index >= 15 is 0 Å². The van der Waals surface area contributed by atoms with Gasteiger partial charge in [0.1, 0.15) is 6.04 Å². The van der Waals surface area contributed by atoms with E-state index in [1.54, 1.807) is 18.0 Å².